The Morgan fingerprint density at radius 2 is 2.00 bits per heavy atom. The van der Waals surface area contributed by atoms with Gasteiger partial charge in [0.1, 0.15) is 29.2 Å². The topological polar surface area (TPSA) is 41.1 Å². The van der Waals surface area contributed by atoms with E-state index in [9.17, 15) is 4.39 Å². The average Bonchev–Trinajstić information content (AvgIpc) is 2.98. The molecule has 3 aromatic rings. The van der Waals surface area contributed by atoms with Crippen LogP contribution in [-0.4, -0.2) is 42.1 Å². The molecule has 0 amide bonds. The highest BCUT2D eigenvalue weighted by Gasteiger charge is 2.17. The van der Waals surface area contributed by atoms with Crippen molar-refractivity contribution in [3.05, 3.63) is 46.7 Å². The fourth-order valence-corrected chi connectivity index (χ4v) is 2.65. The Labute approximate surface area is 142 Å². The Balaban J connectivity index is 2.03. The molecule has 0 radical (unpaired) electrons. The number of nitrogens with one attached hydrogen (secondary N) is 1. The minimum absolute atomic E-state index is 0.276. The summed E-state index contributed by atoms with van der Waals surface area (Å²) in [5, 5.41) is 0. The lowest BCUT2D eigenvalue weighted by Gasteiger charge is -2.12. The van der Waals surface area contributed by atoms with Gasteiger partial charge in [0.15, 0.2) is 5.82 Å². The Hall–Kier alpha value is -1.92. The molecule has 0 saturated heterocycles. The first-order valence-electron chi connectivity index (χ1n) is 7.27. The highest BCUT2D eigenvalue weighted by Crippen LogP contribution is 2.33. The van der Waals surface area contributed by atoms with Gasteiger partial charge in [-0.05, 0) is 36.1 Å². The van der Waals surface area contributed by atoms with Crippen molar-refractivity contribution in [3.63, 3.8) is 0 Å². The van der Waals surface area contributed by atoms with Crippen LogP contribution in [0.2, 0.25) is 0 Å². The molecule has 2 aromatic carbocycles. The van der Waals surface area contributed by atoms with Crippen LogP contribution in [0.1, 0.15) is 0 Å². The van der Waals surface area contributed by atoms with Crippen LogP contribution in [0.15, 0.2) is 40.9 Å². The van der Waals surface area contributed by atoms with Gasteiger partial charge >= 0.3 is 0 Å². The van der Waals surface area contributed by atoms with Gasteiger partial charge in [-0.1, -0.05) is 30.3 Å². The van der Waals surface area contributed by atoms with Crippen molar-refractivity contribution in [3.8, 4) is 17.1 Å². The average molecular weight is 378 g/mol. The van der Waals surface area contributed by atoms with E-state index in [1.807, 2.05) is 49.3 Å². The standard InChI is InChI=1S/C17H17BrFN3O/c1-22(2)8-9-23-13-10-12(18)14(19)16-15(13)20-17(21-16)11-6-4-3-5-7-11/h3-7,10H,8-9H2,1-2H3,(H,20,21). The molecule has 4 nitrogen and oxygen atoms in total. The largest absolute Gasteiger partial charge is 0.490 e. The van der Waals surface area contributed by atoms with Crippen LogP contribution in [0.3, 0.4) is 0 Å². The number of benzene rings is 2. The third-order valence-electron chi connectivity index (χ3n) is 3.47. The zero-order valence-electron chi connectivity index (χ0n) is 12.9. The molecule has 1 heterocycles. The lowest BCUT2D eigenvalue weighted by atomic mass is 10.2. The summed E-state index contributed by atoms with van der Waals surface area (Å²) in [7, 11) is 3.95. The van der Waals surface area contributed by atoms with E-state index in [1.54, 1.807) is 6.07 Å². The van der Waals surface area contributed by atoms with Crippen LogP contribution < -0.4 is 4.74 Å². The molecule has 3 rings (SSSR count). The van der Waals surface area contributed by atoms with E-state index >= 15 is 0 Å². The van der Waals surface area contributed by atoms with Crippen molar-refractivity contribution in [2.45, 2.75) is 0 Å². The smallest absolute Gasteiger partial charge is 0.165 e. The van der Waals surface area contributed by atoms with Crippen LogP contribution in [0.4, 0.5) is 4.39 Å². The molecule has 0 bridgehead atoms. The number of halogens is 2. The molecule has 0 saturated carbocycles. The van der Waals surface area contributed by atoms with E-state index in [0.717, 1.165) is 12.1 Å². The fourth-order valence-electron chi connectivity index (χ4n) is 2.26. The summed E-state index contributed by atoms with van der Waals surface area (Å²) in [5.41, 5.74) is 1.75. The number of hydrogen-bond donors (Lipinski definition) is 1. The van der Waals surface area contributed by atoms with Gasteiger partial charge in [-0.25, -0.2) is 9.37 Å². The molecule has 0 aliphatic heterocycles. The molecule has 23 heavy (non-hydrogen) atoms. The minimum atomic E-state index is -0.390. The first-order chi connectivity index (χ1) is 11.1. The summed E-state index contributed by atoms with van der Waals surface area (Å²) in [6.45, 7) is 1.29. The van der Waals surface area contributed by atoms with Crippen LogP contribution in [0.25, 0.3) is 22.4 Å². The third-order valence-corrected chi connectivity index (χ3v) is 4.05. The number of imidazole rings is 1. The van der Waals surface area contributed by atoms with E-state index in [-0.39, 0.29) is 5.52 Å². The number of fused-ring (bicyclic) bond motifs is 1. The fraction of sp³-hybridized carbons (Fsp3) is 0.235. The van der Waals surface area contributed by atoms with Crippen molar-refractivity contribution >= 4 is 27.0 Å². The SMILES string of the molecule is CN(C)CCOc1cc(Br)c(F)c2nc(-c3ccccc3)[nH]c12. The molecule has 0 aliphatic rings. The molecule has 1 N–H and O–H groups in total. The van der Waals surface area contributed by atoms with Crippen molar-refractivity contribution < 1.29 is 9.13 Å². The normalized spacial score (nSPS) is 11.3. The molecule has 0 aliphatic carbocycles. The molecule has 0 fully saturated rings. The summed E-state index contributed by atoms with van der Waals surface area (Å²) in [4.78, 5) is 9.60. The van der Waals surface area contributed by atoms with Crippen molar-refractivity contribution in [2.75, 3.05) is 27.2 Å². The maximum atomic E-state index is 14.4. The van der Waals surface area contributed by atoms with Crippen LogP contribution >= 0.6 is 15.9 Å². The van der Waals surface area contributed by atoms with Gasteiger partial charge < -0.3 is 14.6 Å². The lowest BCUT2D eigenvalue weighted by Crippen LogP contribution is -2.19. The number of rotatable bonds is 5. The second kappa shape index (κ2) is 6.68. The van der Waals surface area contributed by atoms with Crippen molar-refractivity contribution in [1.82, 2.24) is 14.9 Å². The number of aromatic amines is 1. The molecule has 120 valence electrons. The highest BCUT2D eigenvalue weighted by molar-refractivity contribution is 9.10. The Bertz CT molecular complexity index is 818. The van der Waals surface area contributed by atoms with E-state index in [1.165, 1.54) is 0 Å². The monoisotopic (exact) mass is 377 g/mol. The second-order valence-electron chi connectivity index (χ2n) is 5.50. The van der Waals surface area contributed by atoms with E-state index in [4.69, 9.17) is 4.74 Å². The number of likely N-dealkylation sites (N-methyl/N-ethyl adjacent to an activating group) is 1. The second-order valence-corrected chi connectivity index (χ2v) is 6.35. The summed E-state index contributed by atoms with van der Waals surface area (Å²) in [6, 6.07) is 11.3. The summed E-state index contributed by atoms with van der Waals surface area (Å²) in [5.74, 6) is 0.818. The molecule has 0 unspecified atom stereocenters. The van der Waals surface area contributed by atoms with Gasteiger partial charge in [0.05, 0.1) is 4.47 Å². The molecular weight excluding hydrogens is 361 g/mol. The maximum absolute atomic E-state index is 14.4. The third kappa shape index (κ3) is 3.38. The quantitative estimate of drug-likeness (QED) is 0.728. The van der Waals surface area contributed by atoms with Gasteiger partial charge in [-0.3, -0.25) is 0 Å². The molecule has 6 heteroatoms. The predicted octanol–water partition coefficient (Wildman–Crippen LogP) is 4.07. The van der Waals surface area contributed by atoms with Crippen molar-refractivity contribution in [1.29, 1.82) is 0 Å². The Morgan fingerprint density at radius 1 is 1.26 bits per heavy atom. The highest BCUT2D eigenvalue weighted by atomic mass is 79.9. The van der Waals surface area contributed by atoms with Gasteiger partial charge in [0.25, 0.3) is 0 Å². The van der Waals surface area contributed by atoms with E-state index in [2.05, 4.69) is 25.9 Å². The maximum Gasteiger partial charge on any atom is 0.165 e. The zero-order chi connectivity index (χ0) is 16.4. The summed E-state index contributed by atoms with van der Waals surface area (Å²) < 4.78 is 20.5. The lowest BCUT2D eigenvalue weighted by molar-refractivity contribution is 0.263. The van der Waals surface area contributed by atoms with Gasteiger partial charge in [0.2, 0.25) is 0 Å². The molecular formula is C17H17BrFN3O. The number of hydrogen-bond acceptors (Lipinski definition) is 3. The predicted molar refractivity (Wildman–Crippen MR) is 93.2 cm³/mol. The van der Waals surface area contributed by atoms with E-state index < -0.39 is 5.82 Å². The van der Waals surface area contributed by atoms with Crippen LogP contribution in [0, 0.1) is 5.82 Å². The first-order valence-corrected chi connectivity index (χ1v) is 8.06. The van der Waals surface area contributed by atoms with Crippen molar-refractivity contribution in [2.24, 2.45) is 0 Å². The first kappa shape index (κ1) is 16.0. The van der Waals surface area contributed by atoms with Gasteiger partial charge in [0, 0.05) is 12.1 Å². The molecule has 0 spiro atoms. The minimum Gasteiger partial charge on any atom is -0.490 e. The van der Waals surface area contributed by atoms with Gasteiger partial charge in [-0.15, -0.1) is 0 Å². The number of H-pyrrole nitrogens is 1. The van der Waals surface area contributed by atoms with Gasteiger partial charge in [-0.2, -0.15) is 0 Å². The zero-order valence-corrected chi connectivity index (χ0v) is 14.5. The van der Waals surface area contributed by atoms with Crippen LogP contribution in [-0.2, 0) is 0 Å². The number of nitrogens with zero attached hydrogens (tertiary/aromatic N) is 2. The Kier molecular flexibility index (Phi) is 4.63. The number of aromatic nitrogens is 2. The summed E-state index contributed by atoms with van der Waals surface area (Å²) in [6.07, 6.45) is 0. The number of ether oxygens (including phenoxy) is 1. The Morgan fingerprint density at radius 3 is 2.70 bits per heavy atom. The van der Waals surface area contributed by atoms with Crippen LogP contribution in [0.5, 0.6) is 5.75 Å². The molecule has 0 atom stereocenters. The molecule has 1 aromatic heterocycles. The van der Waals surface area contributed by atoms with E-state index in [0.29, 0.717) is 28.2 Å². The summed E-state index contributed by atoms with van der Waals surface area (Å²) >= 11 is 3.23.